The molecule has 1 N–H and O–H groups in total. The number of hydrogen-bond donors (Lipinski definition) is 1. The van der Waals surface area contributed by atoms with E-state index >= 15 is 0 Å². The van der Waals surface area contributed by atoms with Crippen LogP contribution in [0.5, 0.6) is 0 Å². The van der Waals surface area contributed by atoms with Crippen molar-refractivity contribution < 1.29 is 14.3 Å². The van der Waals surface area contributed by atoms with Crippen LogP contribution in [0.15, 0.2) is 36.4 Å². The molecule has 0 aliphatic heterocycles. The van der Waals surface area contributed by atoms with E-state index in [1.165, 1.54) is 0 Å². The summed E-state index contributed by atoms with van der Waals surface area (Å²) < 4.78 is 6.65. The van der Waals surface area contributed by atoms with E-state index in [1.54, 1.807) is 10.7 Å². The highest BCUT2D eigenvalue weighted by molar-refractivity contribution is 5.90. The molecule has 1 aliphatic carbocycles. The van der Waals surface area contributed by atoms with Gasteiger partial charge in [0, 0.05) is 5.92 Å². The third-order valence-corrected chi connectivity index (χ3v) is 3.66. The summed E-state index contributed by atoms with van der Waals surface area (Å²) in [6.45, 7) is -0.274. The minimum atomic E-state index is -0.589. The summed E-state index contributed by atoms with van der Waals surface area (Å²) in [5, 5.41) is 6.97. The number of nitrogens with one attached hydrogen (secondary N) is 1. The fourth-order valence-electron chi connectivity index (χ4n) is 2.30. The molecule has 6 heteroatoms. The molecule has 1 aromatic carbocycles. The van der Waals surface area contributed by atoms with Crippen LogP contribution >= 0.6 is 0 Å². The molecular formula is C18H17N3O3. The third-order valence-electron chi connectivity index (χ3n) is 3.66. The molecule has 122 valence electrons. The van der Waals surface area contributed by atoms with Crippen LogP contribution in [-0.4, -0.2) is 34.8 Å². The van der Waals surface area contributed by atoms with E-state index in [-0.39, 0.29) is 13.2 Å². The Bertz CT molecular complexity index is 786. The molecule has 0 unspecified atom stereocenters. The number of terminal acetylenes is 1. The Kier molecular flexibility index (Phi) is 4.62. The maximum absolute atomic E-state index is 12.4. The number of benzene rings is 1. The van der Waals surface area contributed by atoms with Gasteiger partial charge in [0.2, 0.25) is 0 Å². The average Bonchev–Trinajstić information content (AvgIpc) is 3.37. The van der Waals surface area contributed by atoms with Gasteiger partial charge >= 0.3 is 5.97 Å². The number of esters is 1. The van der Waals surface area contributed by atoms with Crippen molar-refractivity contribution in [1.82, 2.24) is 15.1 Å². The summed E-state index contributed by atoms with van der Waals surface area (Å²) in [6.07, 6.45) is 7.22. The van der Waals surface area contributed by atoms with Gasteiger partial charge in [0.15, 0.2) is 12.3 Å². The minimum absolute atomic E-state index is 0.101. The van der Waals surface area contributed by atoms with Gasteiger partial charge in [-0.3, -0.25) is 4.79 Å². The highest BCUT2D eigenvalue weighted by atomic mass is 16.5. The zero-order chi connectivity index (χ0) is 16.9. The molecule has 1 heterocycles. The van der Waals surface area contributed by atoms with Gasteiger partial charge in [-0.15, -0.1) is 6.42 Å². The molecule has 0 saturated heterocycles. The summed E-state index contributed by atoms with van der Waals surface area (Å²) in [5.41, 5.74) is 1.96. The number of hydrogen-bond acceptors (Lipinski definition) is 4. The second-order valence-corrected chi connectivity index (χ2v) is 5.53. The molecule has 1 amide bonds. The van der Waals surface area contributed by atoms with Gasteiger partial charge < -0.3 is 10.1 Å². The second kappa shape index (κ2) is 7.01. The lowest BCUT2D eigenvalue weighted by atomic mass is 10.2. The number of carbonyl (C=O) groups is 2. The quantitative estimate of drug-likeness (QED) is 0.648. The lowest BCUT2D eigenvalue weighted by Crippen LogP contribution is -2.29. The summed E-state index contributed by atoms with van der Waals surface area (Å²) in [6, 6.07) is 11.1. The zero-order valence-corrected chi connectivity index (χ0v) is 13.1. The van der Waals surface area contributed by atoms with Crippen LogP contribution in [-0.2, 0) is 9.53 Å². The Hall–Kier alpha value is -3.07. The number of para-hydroxylation sites is 1. The first kappa shape index (κ1) is 15.8. The molecule has 1 saturated carbocycles. The van der Waals surface area contributed by atoms with Crippen LogP contribution in [0.25, 0.3) is 5.69 Å². The lowest BCUT2D eigenvalue weighted by molar-refractivity contribution is -0.123. The van der Waals surface area contributed by atoms with Crippen molar-refractivity contribution in [3.05, 3.63) is 47.8 Å². The Labute approximate surface area is 139 Å². The summed E-state index contributed by atoms with van der Waals surface area (Å²) >= 11 is 0. The molecule has 0 bridgehead atoms. The van der Waals surface area contributed by atoms with Gasteiger partial charge in [-0.1, -0.05) is 24.1 Å². The third kappa shape index (κ3) is 3.63. The Balaban J connectivity index is 1.77. The number of aromatic nitrogens is 2. The van der Waals surface area contributed by atoms with Crippen molar-refractivity contribution >= 4 is 11.9 Å². The van der Waals surface area contributed by atoms with Gasteiger partial charge in [-0.2, -0.15) is 5.10 Å². The van der Waals surface area contributed by atoms with Gasteiger partial charge in [-0.05, 0) is 31.0 Å². The van der Waals surface area contributed by atoms with Crippen molar-refractivity contribution in [2.24, 2.45) is 0 Å². The Morgan fingerprint density at radius 2 is 2.08 bits per heavy atom. The van der Waals surface area contributed by atoms with Crippen LogP contribution < -0.4 is 5.32 Å². The normalized spacial score (nSPS) is 13.1. The highest BCUT2D eigenvalue weighted by Gasteiger charge is 2.29. The maximum atomic E-state index is 12.4. The van der Waals surface area contributed by atoms with E-state index in [0.717, 1.165) is 24.2 Å². The van der Waals surface area contributed by atoms with Crippen LogP contribution in [0.4, 0.5) is 0 Å². The predicted molar refractivity (Wildman–Crippen MR) is 87.7 cm³/mol. The van der Waals surface area contributed by atoms with Gasteiger partial charge in [0.25, 0.3) is 5.91 Å². The van der Waals surface area contributed by atoms with Crippen LogP contribution in [0.1, 0.15) is 34.9 Å². The summed E-state index contributed by atoms with van der Waals surface area (Å²) in [4.78, 5) is 23.9. The molecule has 24 heavy (non-hydrogen) atoms. The standard InChI is InChI=1S/C18H17N3O3/c1-2-10-19-17(22)12-24-18(23)16-11-15(13-8-9-13)20-21(16)14-6-4-3-5-7-14/h1,3-7,11,13H,8-10,12H2,(H,19,22). The monoisotopic (exact) mass is 323 g/mol. The minimum Gasteiger partial charge on any atom is -0.451 e. The number of rotatable bonds is 6. The second-order valence-electron chi connectivity index (χ2n) is 5.53. The molecule has 3 rings (SSSR count). The van der Waals surface area contributed by atoms with Gasteiger partial charge in [0.1, 0.15) is 0 Å². The first-order chi connectivity index (χ1) is 11.7. The molecular weight excluding hydrogens is 306 g/mol. The van der Waals surface area contributed by atoms with E-state index < -0.39 is 11.9 Å². The highest BCUT2D eigenvalue weighted by Crippen LogP contribution is 2.39. The van der Waals surface area contributed by atoms with Crippen LogP contribution in [0.3, 0.4) is 0 Å². The van der Waals surface area contributed by atoms with E-state index in [1.807, 2.05) is 30.3 Å². The average molecular weight is 323 g/mol. The molecule has 1 aliphatic rings. The van der Waals surface area contributed by atoms with Crippen LogP contribution in [0, 0.1) is 12.3 Å². The van der Waals surface area contributed by atoms with Gasteiger partial charge in [0.05, 0.1) is 17.9 Å². The molecule has 2 aromatic rings. The first-order valence-electron chi connectivity index (χ1n) is 7.71. The predicted octanol–water partition coefficient (Wildman–Crippen LogP) is 1.66. The van der Waals surface area contributed by atoms with E-state index in [0.29, 0.717) is 11.6 Å². The summed E-state index contributed by atoms with van der Waals surface area (Å²) in [5.74, 6) is 1.66. The lowest BCUT2D eigenvalue weighted by Gasteiger charge is -2.07. The van der Waals surface area contributed by atoms with Crippen molar-refractivity contribution in [2.75, 3.05) is 13.2 Å². The zero-order valence-electron chi connectivity index (χ0n) is 13.1. The van der Waals surface area contributed by atoms with Crippen molar-refractivity contribution in [2.45, 2.75) is 18.8 Å². The molecule has 1 fully saturated rings. The number of carbonyl (C=O) groups excluding carboxylic acids is 2. The number of nitrogens with zero attached hydrogens (tertiary/aromatic N) is 2. The Morgan fingerprint density at radius 1 is 1.33 bits per heavy atom. The topological polar surface area (TPSA) is 73.2 Å². The number of amides is 1. The van der Waals surface area contributed by atoms with Crippen molar-refractivity contribution in [1.29, 1.82) is 0 Å². The first-order valence-corrected chi connectivity index (χ1v) is 7.71. The van der Waals surface area contributed by atoms with Crippen molar-refractivity contribution in [3.8, 4) is 18.0 Å². The molecule has 0 radical (unpaired) electrons. The van der Waals surface area contributed by atoms with E-state index in [9.17, 15) is 9.59 Å². The fraction of sp³-hybridized carbons (Fsp3) is 0.278. The molecule has 0 spiro atoms. The molecule has 0 atom stereocenters. The summed E-state index contributed by atoms with van der Waals surface area (Å²) in [7, 11) is 0. The van der Waals surface area contributed by atoms with Crippen molar-refractivity contribution in [3.63, 3.8) is 0 Å². The van der Waals surface area contributed by atoms with Crippen LogP contribution in [0.2, 0.25) is 0 Å². The SMILES string of the molecule is C#CCNC(=O)COC(=O)c1cc(C2CC2)nn1-c1ccccc1. The number of ether oxygens (including phenoxy) is 1. The molecule has 6 nitrogen and oxygen atoms in total. The largest absolute Gasteiger partial charge is 0.451 e. The smallest absolute Gasteiger partial charge is 0.357 e. The van der Waals surface area contributed by atoms with E-state index in [2.05, 4.69) is 16.3 Å². The molecule has 1 aromatic heterocycles. The van der Waals surface area contributed by atoms with E-state index in [4.69, 9.17) is 11.2 Å². The Morgan fingerprint density at radius 3 is 2.75 bits per heavy atom. The maximum Gasteiger partial charge on any atom is 0.357 e. The fourth-order valence-corrected chi connectivity index (χ4v) is 2.30. The van der Waals surface area contributed by atoms with Gasteiger partial charge in [-0.25, -0.2) is 9.48 Å².